The molecule has 2 rings (SSSR count). The highest BCUT2D eigenvalue weighted by Crippen LogP contribution is 2.16. The third kappa shape index (κ3) is 5.87. The molecule has 0 saturated carbocycles. The molecule has 21 heavy (non-hydrogen) atoms. The summed E-state index contributed by atoms with van der Waals surface area (Å²) in [6, 6.07) is 3.75. The number of aromatic nitrogens is 1. The summed E-state index contributed by atoms with van der Waals surface area (Å²) < 4.78 is 0. The Labute approximate surface area is 142 Å². The molecule has 0 aliphatic carbocycles. The number of rotatable bonds is 4. The van der Waals surface area contributed by atoms with Gasteiger partial charge in [0.05, 0.1) is 5.02 Å². The zero-order chi connectivity index (χ0) is 13.7. The van der Waals surface area contributed by atoms with Gasteiger partial charge in [0.1, 0.15) is 5.82 Å². The molecular formula is C13H21Cl3N4O. The molecular weight excluding hydrogens is 335 g/mol. The summed E-state index contributed by atoms with van der Waals surface area (Å²) in [4.78, 5) is 20.2. The summed E-state index contributed by atoms with van der Waals surface area (Å²) in [5.74, 6) is 1.12. The van der Waals surface area contributed by atoms with Crippen LogP contribution in [0.15, 0.2) is 18.3 Å². The Morgan fingerprint density at radius 3 is 2.43 bits per heavy atom. The van der Waals surface area contributed by atoms with Crippen LogP contribution in [0.3, 0.4) is 0 Å². The molecule has 1 amide bonds. The van der Waals surface area contributed by atoms with Gasteiger partial charge in [0.2, 0.25) is 5.91 Å². The van der Waals surface area contributed by atoms with Crippen molar-refractivity contribution in [3.05, 3.63) is 23.4 Å². The maximum atomic E-state index is 11.9. The van der Waals surface area contributed by atoms with Crippen LogP contribution in [0.4, 0.5) is 5.82 Å². The summed E-state index contributed by atoms with van der Waals surface area (Å²) in [6.07, 6.45) is 2.96. The predicted octanol–water partition coefficient (Wildman–Crippen LogP) is 1.97. The second-order valence-corrected chi connectivity index (χ2v) is 5.03. The van der Waals surface area contributed by atoms with Gasteiger partial charge >= 0.3 is 0 Å². The number of carbonyl (C=O) groups excluding carboxylic acids is 1. The van der Waals surface area contributed by atoms with Crippen LogP contribution in [0, 0.1) is 0 Å². The van der Waals surface area contributed by atoms with Crippen LogP contribution in [0.25, 0.3) is 0 Å². The lowest BCUT2D eigenvalue weighted by molar-refractivity contribution is -0.131. The second-order valence-electron chi connectivity index (χ2n) is 4.59. The molecule has 0 unspecified atom stereocenters. The van der Waals surface area contributed by atoms with Gasteiger partial charge in [0, 0.05) is 38.8 Å². The lowest BCUT2D eigenvalue weighted by atomic mass is 10.2. The molecule has 1 aromatic rings. The van der Waals surface area contributed by atoms with Crippen molar-refractivity contribution in [1.29, 1.82) is 0 Å². The van der Waals surface area contributed by atoms with Crippen molar-refractivity contribution in [1.82, 2.24) is 9.88 Å². The van der Waals surface area contributed by atoms with Gasteiger partial charge in [-0.15, -0.1) is 24.8 Å². The van der Waals surface area contributed by atoms with Crippen molar-refractivity contribution in [3.8, 4) is 0 Å². The number of halogens is 3. The molecule has 0 spiro atoms. The van der Waals surface area contributed by atoms with E-state index in [9.17, 15) is 4.79 Å². The Morgan fingerprint density at radius 1 is 1.24 bits per heavy atom. The van der Waals surface area contributed by atoms with Crippen LogP contribution in [0.1, 0.15) is 12.8 Å². The number of carbonyl (C=O) groups is 1. The summed E-state index contributed by atoms with van der Waals surface area (Å²) in [6.45, 7) is 3.67. The van der Waals surface area contributed by atoms with Gasteiger partial charge in [0.25, 0.3) is 0 Å². The molecule has 0 aromatic carbocycles. The van der Waals surface area contributed by atoms with Crippen LogP contribution < -0.4 is 10.6 Å². The first-order chi connectivity index (χ1) is 9.20. The summed E-state index contributed by atoms with van der Waals surface area (Å²) in [7, 11) is 0. The van der Waals surface area contributed by atoms with Gasteiger partial charge < -0.3 is 15.5 Å². The number of hydrogen-bond acceptors (Lipinski definition) is 4. The predicted molar refractivity (Wildman–Crippen MR) is 90.8 cm³/mol. The van der Waals surface area contributed by atoms with Crippen molar-refractivity contribution in [2.24, 2.45) is 5.73 Å². The van der Waals surface area contributed by atoms with E-state index in [0.29, 0.717) is 18.0 Å². The molecule has 0 atom stereocenters. The zero-order valence-corrected chi connectivity index (χ0v) is 14.1. The van der Waals surface area contributed by atoms with Crippen molar-refractivity contribution >= 4 is 48.1 Å². The molecule has 120 valence electrons. The highest BCUT2D eigenvalue weighted by atomic mass is 35.5. The smallest absolute Gasteiger partial charge is 0.222 e. The Morgan fingerprint density at radius 2 is 1.90 bits per heavy atom. The van der Waals surface area contributed by atoms with E-state index < -0.39 is 0 Å². The number of anilines is 1. The van der Waals surface area contributed by atoms with E-state index in [2.05, 4.69) is 9.88 Å². The van der Waals surface area contributed by atoms with Crippen molar-refractivity contribution in [2.45, 2.75) is 12.8 Å². The Balaban J connectivity index is 0.00000200. The zero-order valence-electron chi connectivity index (χ0n) is 11.7. The fourth-order valence-electron chi connectivity index (χ4n) is 2.15. The highest BCUT2D eigenvalue weighted by Gasteiger charge is 2.21. The second kappa shape index (κ2) is 10.1. The van der Waals surface area contributed by atoms with Crippen molar-refractivity contribution < 1.29 is 4.79 Å². The van der Waals surface area contributed by atoms with E-state index in [1.165, 1.54) is 0 Å². The quantitative estimate of drug-likeness (QED) is 0.897. The van der Waals surface area contributed by atoms with Gasteiger partial charge in [0.15, 0.2) is 0 Å². The fraction of sp³-hybridized carbons (Fsp3) is 0.538. The molecule has 1 fully saturated rings. The van der Waals surface area contributed by atoms with E-state index in [4.69, 9.17) is 17.3 Å². The number of pyridine rings is 1. The molecule has 2 heterocycles. The Kier molecular flexibility index (Phi) is 9.70. The molecule has 8 heteroatoms. The molecule has 1 aliphatic rings. The Hall–Kier alpha value is -0.750. The number of amides is 1. The molecule has 1 saturated heterocycles. The van der Waals surface area contributed by atoms with E-state index in [1.807, 2.05) is 17.0 Å². The summed E-state index contributed by atoms with van der Waals surface area (Å²) >= 11 is 5.82. The third-order valence-corrected chi connectivity index (χ3v) is 3.49. The SMILES string of the molecule is Cl.Cl.NCCCC(=O)N1CCN(c2ccc(Cl)cn2)CC1. The minimum absolute atomic E-state index is 0. The normalized spacial score (nSPS) is 14.2. The minimum atomic E-state index is 0. The van der Waals surface area contributed by atoms with Crippen LogP contribution in [0.2, 0.25) is 5.02 Å². The molecule has 1 aliphatic heterocycles. The van der Waals surface area contributed by atoms with E-state index in [-0.39, 0.29) is 30.7 Å². The lowest BCUT2D eigenvalue weighted by Crippen LogP contribution is -2.49. The molecule has 0 radical (unpaired) electrons. The van der Waals surface area contributed by atoms with Crippen LogP contribution in [0.5, 0.6) is 0 Å². The number of hydrogen-bond donors (Lipinski definition) is 1. The lowest BCUT2D eigenvalue weighted by Gasteiger charge is -2.35. The molecule has 0 bridgehead atoms. The number of nitrogens with zero attached hydrogens (tertiary/aromatic N) is 3. The van der Waals surface area contributed by atoms with Crippen LogP contribution >= 0.6 is 36.4 Å². The standard InChI is InChI=1S/C13H19ClN4O.2ClH/c14-11-3-4-12(16-10-11)17-6-8-18(9-7-17)13(19)2-1-5-15;;/h3-4,10H,1-2,5-9,15H2;2*1H. The largest absolute Gasteiger partial charge is 0.353 e. The summed E-state index contributed by atoms with van der Waals surface area (Å²) in [5.41, 5.74) is 5.42. The molecule has 2 N–H and O–H groups in total. The third-order valence-electron chi connectivity index (χ3n) is 3.26. The van der Waals surface area contributed by atoms with Crippen molar-refractivity contribution in [3.63, 3.8) is 0 Å². The summed E-state index contributed by atoms with van der Waals surface area (Å²) in [5, 5.41) is 0.638. The van der Waals surface area contributed by atoms with E-state index in [0.717, 1.165) is 38.4 Å². The average molecular weight is 356 g/mol. The first-order valence-corrected chi connectivity index (χ1v) is 6.93. The van der Waals surface area contributed by atoms with E-state index >= 15 is 0 Å². The minimum Gasteiger partial charge on any atom is -0.353 e. The monoisotopic (exact) mass is 354 g/mol. The fourth-order valence-corrected chi connectivity index (χ4v) is 2.26. The molecule has 5 nitrogen and oxygen atoms in total. The van der Waals surface area contributed by atoms with Crippen LogP contribution in [-0.2, 0) is 4.79 Å². The van der Waals surface area contributed by atoms with Gasteiger partial charge in [-0.2, -0.15) is 0 Å². The first-order valence-electron chi connectivity index (χ1n) is 6.55. The van der Waals surface area contributed by atoms with Crippen LogP contribution in [-0.4, -0.2) is 48.5 Å². The van der Waals surface area contributed by atoms with Gasteiger partial charge in [-0.25, -0.2) is 4.98 Å². The highest BCUT2D eigenvalue weighted by molar-refractivity contribution is 6.30. The van der Waals surface area contributed by atoms with Gasteiger partial charge in [-0.1, -0.05) is 11.6 Å². The maximum absolute atomic E-state index is 11.9. The van der Waals surface area contributed by atoms with Gasteiger partial charge in [-0.3, -0.25) is 4.79 Å². The average Bonchev–Trinajstić information content (AvgIpc) is 2.46. The number of nitrogens with two attached hydrogens (primary N) is 1. The van der Waals surface area contributed by atoms with Crippen molar-refractivity contribution in [2.75, 3.05) is 37.6 Å². The molecule has 1 aromatic heterocycles. The topological polar surface area (TPSA) is 62.5 Å². The number of piperazine rings is 1. The van der Waals surface area contributed by atoms with E-state index in [1.54, 1.807) is 6.20 Å². The maximum Gasteiger partial charge on any atom is 0.222 e. The van der Waals surface area contributed by atoms with Gasteiger partial charge in [-0.05, 0) is 25.1 Å². The first kappa shape index (κ1) is 20.2. The Bertz CT molecular complexity index is 422.